The molecule has 0 radical (unpaired) electrons. The highest BCUT2D eigenvalue weighted by Crippen LogP contribution is 2.36. The van der Waals surface area contributed by atoms with Crippen LogP contribution in [0.4, 0.5) is 20.2 Å². The Hall–Kier alpha value is -3.04. The normalized spacial score (nSPS) is 19.2. The number of benzene rings is 2. The van der Waals surface area contributed by atoms with E-state index in [1.54, 1.807) is 13.1 Å². The molecule has 3 aromatic rings. The van der Waals surface area contributed by atoms with E-state index in [0.29, 0.717) is 67.4 Å². The molecule has 2 fully saturated rings. The minimum atomic E-state index is -0.510. The third kappa shape index (κ3) is 4.94. The van der Waals surface area contributed by atoms with Crippen LogP contribution in [-0.2, 0) is 17.2 Å². The molecule has 2 N–H and O–H groups in total. The van der Waals surface area contributed by atoms with Gasteiger partial charge in [0.15, 0.2) is 0 Å². The number of fused-ring (bicyclic) bond motifs is 1. The van der Waals surface area contributed by atoms with E-state index in [4.69, 9.17) is 9.72 Å². The van der Waals surface area contributed by atoms with Crippen molar-refractivity contribution in [2.45, 2.75) is 57.1 Å². The van der Waals surface area contributed by atoms with Crippen molar-refractivity contribution in [2.24, 2.45) is 7.05 Å². The molecular weight excluding hydrogens is 478 g/mol. The number of hydrogen-bond acceptors (Lipinski definition) is 6. The lowest BCUT2D eigenvalue weighted by Gasteiger charge is -2.34. The highest BCUT2D eigenvalue weighted by Gasteiger charge is 2.34. The molecule has 0 saturated carbocycles. The predicted octanol–water partition coefficient (Wildman–Crippen LogP) is 4.41. The SMILES string of the molecule is C[C@@H](Nc1ccc(F)cc1N1CCC(O)CC1)c1cc(F)cc2c(=O)n(C)c(C3(C)CCOCC3)nc12. The zero-order valence-electron chi connectivity index (χ0n) is 21.6. The minimum absolute atomic E-state index is 0.231. The summed E-state index contributed by atoms with van der Waals surface area (Å²) in [5.74, 6) is -0.192. The van der Waals surface area contributed by atoms with Gasteiger partial charge in [-0.2, -0.15) is 0 Å². The van der Waals surface area contributed by atoms with E-state index in [9.17, 15) is 18.7 Å². The number of anilines is 2. The van der Waals surface area contributed by atoms with E-state index in [0.717, 1.165) is 12.8 Å². The first-order valence-electron chi connectivity index (χ1n) is 12.9. The molecule has 2 saturated heterocycles. The zero-order valence-corrected chi connectivity index (χ0v) is 21.6. The highest BCUT2D eigenvalue weighted by atomic mass is 19.1. The van der Waals surface area contributed by atoms with Gasteiger partial charge in [-0.15, -0.1) is 0 Å². The fraction of sp³-hybridized carbons (Fsp3) is 0.500. The van der Waals surface area contributed by atoms with Crippen LogP contribution < -0.4 is 15.8 Å². The molecule has 37 heavy (non-hydrogen) atoms. The van der Waals surface area contributed by atoms with Gasteiger partial charge in [-0.3, -0.25) is 9.36 Å². The Kier molecular flexibility index (Phi) is 6.93. The molecular formula is C28H34F2N4O3. The quantitative estimate of drug-likeness (QED) is 0.527. The zero-order chi connectivity index (χ0) is 26.3. The van der Waals surface area contributed by atoms with Gasteiger partial charge in [0, 0.05) is 44.3 Å². The second-order valence-corrected chi connectivity index (χ2v) is 10.6. The molecule has 2 aliphatic heterocycles. The monoisotopic (exact) mass is 512 g/mol. The first-order valence-corrected chi connectivity index (χ1v) is 12.9. The average molecular weight is 513 g/mol. The molecule has 0 aliphatic carbocycles. The molecule has 198 valence electrons. The van der Waals surface area contributed by atoms with Crippen molar-refractivity contribution in [3.8, 4) is 0 Å². The van der Waals surface area contributed by atoms with Gasteiger partial charge in [-0.1, -0.05) is 6.92 Å². The number of aliphatic hydroxyl groups excluding tert-OH is 1. The number of piperidine rings is 1. The smallest absolute Gasteiger partial charge is 0.261 e. The Bertz CT molecular complexity index is 1360. The fourth-order valence-corrected chi connectivity index (χ4v) is 5.59. The number of nitrogens with zero attached hydrogens (tertiary/aromatic N) is 3. The molecule has 2 aromatic carbocycles. The first kappa shape index (κ1) is 25.6. The van der Waals surface area contributed by atoms with E-state index in [1.165, 1.54) is 28.8 Å². The van der Waals surface area contributed by atoms with Gasteiger partial charge in [0.05, 0.1) is 34.4 Å². The van der Waals surface area contributed by atoms with Gasteiger partial charge in [-0.25, -0.2) is 13.8 Å². The van der Waals surface area contributed by atoms with Crippen LogP contribution in [0.2, 0.25) is 0 Å². The molecule has 7 nitrogen and oxygen atoms in total. The fourth-order valence-electron chi connectivity index (χ4n) is 5.59. The Labute approximate surface area is 215 Å². The second kappa shape index (κ2) is 10.0. The standard InChI is InChI=1S/C28H34F2N4O3/c1-17(31-23-5-4-18(29)16-24(23)34-10-6-20(35)7-11-34)21-14-19(30)15-22-25(21)32-27(33(3)26(22)36)28(2)8-12-37-13-9-28/h4-5,14-17,20,31,35H,6-13H2,1-3H3/t17-/m1/s1. The summed E-state index contributed by atoms with van der Waals surface area (Å²) in [6.07, 6.45) is 2.36. The Morgan fingerprint density at radius 1 is 1.14 bits per heavy atom. The third-order valence-electron chi connectivity index (χ3n) is 7.91. The summed E-state index contributed by atoms with van der Waals surface area (Å²) in [4.78, 5) is 20.4. The first-order chi connectivity index (χ1) is 17.7. The maximum Gasteiger partial charge on any atom is 0.261 e. The number of aliphatic hydroxyl groups is 1. The van der Waals surface area contributed by atoms with Crippen LogP contribution in [-0.4, -0.2) is 47.1 Å². The maximum absolute atomic E-state index is 14.8. The van der Waals surface area contributed by atoms with Crippen LogP contribution in [0, 0.1) is 11.6 Å². The van der Waals surface area contributed by atoms with Gasteiger partial charge in [0.25, 0.3) is 5.56 Å². The third-order valence-corrected chi connectivity index (χ3v) is 7.91. The van der Waals surface area contributed by atoms with Crippen molar-refractivity contribution in [1.82, 2.24) is 9.55 Å². The summed E-state index contributed by atoms with van der Waals surface area (Å²) >= 11 is 0. The van der Waals surface area contributed by atoms with Crippen LogP contribution in [0.5, 0.6) is 0 Å². The predicted molar refractivity (Wildman–Crippen MR) is 140 cm³/mol. The van der Waals surface area contributed by atoms with Crippen LogP contribution in [0.1, 0.15) is 57.0 Å². The Morgan fingerprint density at radius 2 is 1.84 bits per heavy atom. The lowest BCUT2D eigenvalue weighted by molar-refractivity contribution is 0.0523. The summed E-state index contributed by atoms with van der Waals surface area (Å²) in [6.45, 7) is 6.39. The van der Waals surface area contributed by atoms with Crippen LogP contribution in [0.25, 0.3) is 10.9 Å². The van der Waals surface area contributed by atoms with E-state index in [1.807, 2.05) is 11.8 Å². The maximum atomic E-state index is 14.8. The summed E-state index contributed by atoms with van der Waals surface area (Å²) < 4.78 is 36.1. The average Bonchev–Trinajstić information content (AvgIpc) is 2.88. The summed E-state index contributed by atoms with van der Waals surface area (Å²) in [6, 6.07) is 6.79. The molecule has 5 rings (SSSR count). The largest absolute Gasteiger partial charge is 0.393 e. The van der Waals surface area contributed by atoms with Crippen molar-refractivity contribution in [2.75, 3.05) is 36.5 Å². The number of halogens is 2. The van der Waals surface area contributed by atoms with Crippen LogP contribution >= 0.6 is 0 Å². The molecule has 1 atom stereocenters. The van der Waals surface area contributed by atoms with Crippen molar-refractivity contribution in [3.63, 3.8) is 0 Å². The second-order valence-electron chi connectivity index (χ2n) is 10.6. The van der Waals surface area contributed by atoms with Crippen molar-refractivity contribution >= 4 is 22.3 Å². The van der Waals surface area contributed by atoms with Crippen molar-refractivity contribution in [1.29, 1.82) is 0 Å². The van der Waals surface area contributed by atoms with Gasteiger partial charge < -0.3 is 20.1 Å². The highest BCUT2D eigenvalue weighted by molar-refractivity contribution is 5.82. The molecule has 0 amide bonds. The lowest BCUT2D eigenvalue weighted by Crippen LogP contribution is -2.38. The molecule has 9 heteroatoms. The summed E-state index contributed by atoms with van der Waals surface area (Å²) in [7, 11) is 1.69. The van der Waals surface area contributed by atoms with Gasteiger partial charge >= 0.3 is 0 Å². The van der Waals surface area contributed by atoms with E-state index < -0.39 is 11.9 Å². The molecule has 0 bridgehead atoms. The van der Waals surface area contributed by atoms with Crippen LogP contribution in [0.3, 0.4) is 0 Å². The minimum Gasteiger partial charge on any atom is -0.393 e. The number of ether oxygens (including phenoxy) is 1. The molecule has 1 aromatic heterocycles. The van der Waals surface area contributed by atoms with Crippen molar-refractivity contribution < 1.29 is 18.6 Å². The number of aromatic nitrogens is 2. The summed E-state index contributed by atoms with van der Waals surface area (Å²) in [5.41, 5.74) is 1.81. The number of rotatable bonds is 5. The number of hydrogen-bond donors (Lipinski definition) is 2. The Morgan fingerprint density at radius 3 is 2.54 bits per heavy atom. The van der Waals surface area contributed by atoms with E-state index in [-0.39, 0.29) is 28.3 Å². The van der Waals surface area contributed by atoms with Crippen molar-refractivity contribution in [3.05, 3.63) is 63.7 Å². The Balaban J connectivity index is 1.56. The summed E-state index contributed by atoms with van der Waals surface area (Å²) in [5, 5.41) is 13.6. The molecule has 3 heterocycles. The molecule has 0 spiro atoms. The topological polar surface area (TPSA) is 79.6 Å². The number of nitrogens with one attached hydrogen (secondary N) is 1. The van der Waals surface area contributed by atoms with Gasteiger partial charge in [0.2, 0.25) is 0 Å². The van der Waals surface area contributed by atoms with E-state index >= 15 is 0 Å². The molecule has 2 aliphatic rings. The van der Waals surface area contributed by atoms with Crippen LogP contribution in [0.15, 0.2) is 35.1 Å². The van der Waals surface area contributed by atoms with E-state index in [2.05, 4.69) is 12.2 Å². The lowest BCUT2D eigenvalue weighted by atomic mass is 9.81. The molecule has 0 unspecified atom stereocenters. The van der Waals surface area contributed by atoms with Gasteiger partial charge in [-0.05, 0) is 62.9 Å². The van der Waals surface area contributed by atoms with Gasteiger partial charge in [0.1, 0.15) is 17.5 Å².